The second-order valence-electron chi connectivity index (χ2n) is 5.88. The van der Waals surface area contributed by atoms with Crippen LogP contribution in [0.15, 0.2) is 70.2 Å². The quantitative estimate of drug-likeness (QED) is 0.654. The first-order chi connectivity index (χ1) is 12.8. The molecular formula is C19H15Cl2NO4S. The molecule has 140 valence electrons. The molecule has 0 saturated heterocycles. The summed E-state index contributed by atoms with van der Waals surface area (Å²) in [5.41, 5.74) is 1.54. The number of hydrogen-bond acceptors (Lipinski definition) is 4. The van der Waals surface area contributed by atoms with Gasteiger partial charge in [-0.15, -0.1) is 0 Å². The molecule has 0 spiro atoms. The predicted octanol–water partition coefficient (Wildman–Crippen LogP) is 4.51. The van der Waals surface area contributed by atoms with E-state index in [0.717, 1.165) is 17.4 Å². The Labute approximate surface area is 166 Å². The van der Waals surface area contributed by atoms with E-state index in [2.05, 4.69) is 5.32 Å². The van der Waals surface area contributed by atoms with Crippen molar-refractivity contribution in [3.8, 4) is 0 Å². The fourth-order valence-corrected chi connectivity index (χ4v) is 3.40. The number of carbonyl (C=O) groups excluding carboxylic acids is 1. The average molecular weight is 424 g/mol. The van der Waals surface area contributed by atoms with Gasteiger partial charge in [0.1, 0.15) is 0 Å². The van der Waals surface area contributed by atoms with E-state index in [0.29, 0.717) is 10.0 Å². The van der Waals surface area contributed by atoms with Gasteiger partial charge < -0.3 is 9.73 Å². The van der Waals surface area contributed by atoms with E-state index in [-0.39, 0.29) is 10.9 Å². The van der Waals surface area contributed by atoms with Crippen LogP contribution in [0.4, 0.5) is 0 Å². The number of hydrogen-bond donors (Lipinski definition) is 1. The number of halogens is 2. The fourth-order valence-electron chi connectivity index (χ4n) is 2.54. The Morgan fingerprint density at radius 2 is 1.67 bits per heavy atom. The largest absolute Gasteiger partial charge is 0.440 e. The second kappa shape index (κ2) is 7.76. The smallest absolute Gasteiger partial charge is 0.287 e. The topological polar surface area (TPSA) is 76.4 Å². The van der Waals surface area contributed by atoms with Gasteiger partial charge in [-0.25, -0.2) is 8.42 Å². The second-order valence-corrected chi connectivity index (χ2v) is 8.64. The van der Waals surface area contributed by atoms with Crippen molar-refractivity contribution in [3.05, 3.63) is 87.6 Å². The Balaban J connectivity index is 1.95. The van der Waals surface area contributed by atoms with E-state index in [4.69, 9.17) is 27.6 Å². The van der Waals surface area contributed by atoms with Gasteiger partial charge >= 0.3 is 0 Å². The summed E-state index contributed by atoms with van der Waals surface area (Å²) in [6, 6.07) is 16.4. The van der Waals surface area contributed by atoms with Gasteiger partial charge in [-0.1, -0.05) is 59.6 Å². The zero-order valence-corrected chi connectivity index (χ0v) is 16.5. The van der Waals surface area contributed by atoms with Crippen LogP contribution in [0, 0.1) is 0 Å². The minimum atomic E-state index is -3.54. The lowest BCUT2D eigenvalue weighted by atomic mass is 9.98. The average Bonchev–Trinajstić information content (AvgIpc) is 3.13. The molecule has 1 heterocycles. The Kier molecular flexibility index (Phi) is 5.60. The van der Waals surface area contributed by atoms with Crippen LogP contribution in [-0.2, 0) is 9.84 Å². The highest BCUT2D eigenvalue weighted by Gasteiger charge is 2.22. The van der Waals surface area contributed by atoms with Crippen molar-refractivity contribution in [2.45, 2.75) is 11.1 Å². The van der Waals surface area contributed by atoms with E-state index in [9.17, 15) is 13.2 Å². The summed E-state index contributed by atoms with van der Waals surface area (Å²) in [6.07, 6.45) is 1.01. The maximum Gasteiger partial charge on any atom is 0.287 e. The minimum absolute atomic E-state index is 0.101. The van der Waals surface area contributed by atoms with Gasteiger partial charge in [0.2, 0.25) is 14.9 Å². The van der Waals surface area contributed by atoms with Crippen molar-refractivity contribution in [3.63, 3.8) is 0 Å². The summed E-state index contributed by atoms with van der Waals surface area (Å²) in [5, 5.41) is 3.35. The van der Waals surface area contributed by atoms with Crippen LogP contribution in [0.5, 0.6) is 0 Å². The highest BCUT2D eigenvalue weighted by Crippen LogP contribution is 2.29. The van der Waals surface area contributed by atoms with Crippen LogP contribution in [0.3, 0.4) is 0 Å². The van der Waals surface area contributed by atoms with Crippen molar-refractivity contribution in [2.75, 3.05) is 6.26 Å². The summed E-state index contributed by atoms with van der Waals surface area (Å²) >= 11 is 12.1. The minimum Gasteiger partial charge on any atom is -0.440 e. The molecule has 0 radical (unpaired) electrons. The maximum absolute atomic E-state index is 12.6. The number of furan rings is 1. The molecule has 1 atom stereocenters. The summed E-state index contributed by atoms with van der Waals surface area (Å²) in [4.78, 5) is 12.6. The zero-order valence-electron chi connectivity index (χ0n) is 14.1. The lowest BCUT2D eigenvalue weighted by molar-refractivity contribution is 0.0909. The molecule has 1 aromatic heterocycles. The highest BCUT2D eigenvalue weighted by molar-refractivity contribution is 7.90. The Hall–Kier alpha value is -2.28. The molecule has 0 aliphatic rings. The number of carbonyl (C=O) groups is 1. The lowest BCUT2D eigenvalue weighted by Crippen LogP contribution is -2.29. The molecule has 8 heteroatoms. The van der Waals surface area contributed by atoms with Crippen molar-refractivity contribution in [1.82, 2.24) is 5.32 Å². The molecule has 5 nitrogen and oxygen atoms in total. The van der Waals surface area contributed by atoms with Crippen LogP contribution in [-0.4, -0.2) is 20.6 Å². The molecule has 3 rings (SSSR count). The van der Waals surface area contributed by atoms with E-state index >= 15 is 0 Å². The first kappa shape index (κ1) is 19.5. The SMILES string of the molecule is CS(=O)(=O)c1ccc(C(=O)NC(c2ccccc2)c2ccc(Cl)c(Cl)c2)o1. The Morgan fingerprint density at radius 3 is 2.26 bits per heavy atom. The van der Waals surface area contributed by atoms with Crippen LogP contribution in [0.25, 0.3) is 0 Å². The molecule has 1 N–H and O–H groups in total. The number of amides is 1. The summed E-state index contributed by atoms with van der Waals surface area (Å²) < 4.78 is 28.3. The number of sulfone groups is 1. The maximum atomic E-state index is 12.6. The first-order valence-electron chi connectivity index (χ1n) is 7.86. The molecule has 0 aliphatic heterocycles. The van der Waals surface area contributed by atoms with Crippen molar-refractivity contribution < 1.29 is 17.6 Å². The van der Waals surface area contributed by atoms with Gasteiger partial charge in [0, 0.05) is 6.26 Å². The molecule has 0 saturated carbocycles. The van der Waals surface area contributed by atoms with Gasteiger partial charge in [0.25, 0.3) is 5.91 Å². The van der Waals surface area contributed by atoms with Crippen LogP contribution in [0.1, 0.15) is 27.7 Å². The molecule has 1 amide bonds. The molecule has 0 fully saturated rings. The molecular weight excluding hydrogens is 409 g/mol. The third kappa shape index (κ3) is 4.53. The van der Waals surface area contributed by atoms with Crippen molar-refractivity contribution >= 4 is 38.9 Å². The van der Waals surface area contributed by atoms with E-state index < -0.39 is 21.8 Å². The zero-order chi connectivity index (χ0) is 19.6. The molecule has 1 unspecified atom stereocenters. The van der Waals surface area contributed by atoms with E-state index in [1.54, 1.807) is 18.2 Å². The number of rotatable bonds is 5. The van der Waals surface area contributed by atoms with Crippen LogP contribution < -0.4 is 5.32 Å². The van der Waals surface area contributed by atoms with Gasteiger partial charge in [0.05, 0.1) is 16.1 Å². The van der Waals surface area contributed by atoms with Crippen molar-refractivity contribution in [2.24, 2.45) is 0 Å². The van der Waals surface area contributed by atoms with Crippen LogP contribution in [0.2, 0.25) is 10.0 Å². The van der Waals surface area contributed by atoms with Crippen LogP contribution >= 0.6 is 23.2 Å². The molecule has 0 aliphatic carbocycles. The predicted molar refractivity (Wildman–Crippen MR) is 104 cm³/mol. The fraction of sp³-hybridized carbons (Fsp3) is 0.105. The molecule has 0 bridgehead atoms. The van der Waals surface area contributed by atoms with Crippen molar-refractivity contribution in [1.29, 1.82) is 0 Å². The normalized spacial score (nSPS) is 12.6. The standard InChI is InChI=1S/C19H15Cl2NO4S/c1-27(24,25)17-10-9-16(26-17)19(23)22-18(12-5-3-2-4-6-12)13-7-8-14(20)15(21)11-13/h2-11,18H,1H3,(H,22,23). The van der Waals surface area contributed by atoms with E-state index in [1.807, 2.05) is 30.3 Å². The van der Waals surface area contributed by atoms with Gasteiger partial charge in [-0.2, -0.15) is 0 Å². The Bertz CT molecular complexity index is 1080. The number of nitrogens with one attached hydrogen (secondary N) is 1. The molecule has 3 aromatic rings. The first-order valence-corrected chi connectivity index (χ1v) is 10.5. The lowest BCUT2D eigenvalue weighted by Gasteiger charge is -2.20. The van der Waals surface area contributed by atoms with E-state index in [1.165, 1.54) is 12.1 Å². The highest BCUT2D eigenvalue weighted by atomic mass is 35.5. The summed E-state index contributed by atoms with van der Waals surface area (Å²) in [6.45, 7) is 0. The third-order valence-electron chi connectivity index (χ3n) is 3.86. The van der Waals surface area contributed by atoms with Gasteiger partial charge in [-0.05, 0) is 35.4 Å². The summed E-state index contributed by atoms with van der Waals surface area (Å²) in [7, 11) is -3.54. The molecule has 27 heavy (non-hydrogen) atoms. The van der Waals surface area contributed by atoms with Gasteiger partial charge in [-0.3, -0.25) is 4.79 Å². The molecule has 2 aromatic carbocycles. The monoisotopic (exact) mass is 423 g/mol. The third-order valence-corrected chi connectivity index (χ3v) is 5.55. The van der Waals surface area contributed by atoms with Gasteiger partial charge in [0.15, 0.2) is 5.76 Å². The summed E-state index contributed by atoms with van der Waals surface area (Å²) in [5.74, 6) is -0.652. The Morgan fingerprint density at radius 1 is 0.963 bits per heavy atom. The number of benzene rings is 2.